The van der Waals surface area contributed by atoms with Gasteiger partial charge in [-0.15, -0.1) is 0 Å². The van der Waals surface area contributed by atoms with Crippen molar-refractivity contribution in [3.8, 4) is 0 Å². The third-order valence-electron chi connectivity index (χ3n) is 2.82. The van der Waals surface area contributed by atoms with Gasteiger partial charge < -0.3 is 10.3 Å². The van der Waals surface area contributed by atoms with Gasteiger partial charge in [0.05, 0.1) is 11.0 Å². The molecule has 0 amide bonds. The van der Waals surface area contributed by atoms with Gasteiger partial charge in [0.25, 0.3) is 0 Å². The van der Waals surface area contributed by atoms with Crippen molar-refractivity contribution in [3.63, 3.8) is 0 Å². The average Bonchev–Trinajstić information content (AvgIpc) is 2.76. The standard InChI is InChI=1S/C14H12BrN3/c1-9-6-7-10(8-11(9)15)16-14-17-12-4-2-3-5-13(12)18-14/h2-8H,1H3,(H2,16,17,18). The summed E-state index contributed by atoms with van der Waals surface area (Å²) in [6, 6.07) is 14.1. The number of nitrogens with zero attached hydrogens (tertiary/aromatic N) is 1. The number of aromatic amines is 1. The molecule has 2 N–H and O–H groups in total. The third kappa shape index (κ3) is 2.11. The second-order valence-corrected chi connectivity index (χ2v) is 5.05. The molecule has 0 atom stereocenters. The SMILES string of the molecule is Cc1ccc(Nc2nc3ccccc3[nH]2)cc1Br. The lowest BCUT2D eigenvalue weighted by atomic mass is 10.2. The molecule has 18 heavy (non-hydrogen) atoms. The maximum Gasteiger partial charge on any atom is 0.205 e. The van der Waals surface area contributed by atoms with E-state index in [1.165, 1.54) is 5.56 Å². The summed E-state index contributed by atoms with van der Waals surface area (Å²) in [5.41, 5.74) is 4.22. The van der Waals surface area contributed by atoms with E-state index in [0.717, 1.165) is 27.1 Å². The third-order valence-corrected chi connectivity index (χ3v) is 3.68. The molecular weight excluding hydrogens is 290 g/mol. The lowest BCUT2D eigenvalue weighted by molar-refractivity contribution is 1.30. The van der Waals surface area contributed by atoms with Gasteiger partial charge in [-0.1, -0.05) is 34.1 Å². The molecule has 0 radical (unpaired) electrons. The Morgan fingerprint density at radius 2 is 2.00 bits per heavy atom. The molecule has 90 valence electrons. The van der Waals surface area contributed by atoms with Crippen molar-refractivity contribution in [1.82, 2.24) is 9.97 Å². The molecule has 0 bridgehead atoms. The summed E-state index contributed by atoms with van der Waals surface area (Å²) in [6.07, 6.45) is 0. The van der Waals surface area contributed by atoms with E-state index in [9.17, 15) is 0 Å². The zero-order valence-electron chi connectivity index (χ0n) is 9.87. The van der Waals surface area contributed by atoms with E-state index < -0.39 is 0 Å². The fourth-order valence-electron chi connectivity index (χ4n) is 1.82. The number of rotatable bonds is 2. The van der Waals surface area contributed by atoms with Crippen LogP contribution < -0.4 is 5.32 Å². The molecular formula is C14H12BrN3. The highest BCUT2D eigenvalue weighted by Gasteiger charge is 2.03. The lowest BCUT2D eigenvalue weighted by Crippen LogP contribution is -1.92. The van der Waals surface area contributed by atoms with Gasteiger partial charge in [0.1, 0.15) is 0 Å². The summed E-state index contributed by atoms with van der Waals surface area (Å²) in [5, 5.41) is 3.26. The molecule has 1 aromatic heterocycles. The van der Waals surface area contributed by atoms with E-state index >= 15 is 0 Å². The van der Waals surface area contributed by atoms with Crippen LogP contribution in [0, 0.1) is 6.92 Å². The number of aryl methyl sites for hydroxylation is 1. The van der Waals surface area contributed by atoms with Crippen molar-refractivity contribution in [2.24, 2.45) is 0 Å². The number of benzene rings is 2. The van der Waals surface area contributed by atoms with E-state index in [-0.39, 0.29) is 0 Å². The number of anilines is 2. The number of nitrogens with one attached hydrogen (secondary N) is 2. The predicted octanol–water partition coefficient (Wildman–Crippen LogP) is 4.38. The minimum absolute atomic E-state index is 0.756. The Hall–Kier alpha value is -1.81. The van der Waals surface area contributed by atoms with Crippen molar-refractivity contribution in [3.05, 3.63) is 52.5 Å². The fourth-order valence-corrected chi connectivity index (χ4v) is 2.20. The topological polar surface area (TPSA) is 40.7 Å². The van der Waals surface area contributed by atoms with Crippen LogP contribution in [-0.2, 0) is 0 Å². The van der Waals surface area contributed by atoms with E-state index in [1.807, 2.05) is 36.4 Å². The predicted molar refractivity (Wildman–Crippen MR) is 78.3 cm³/mol. The molecule has 0 spiro atoms. The molecule has 4 heteroatoms. The number of aromatic nitrogens is 2. The molecule has 3 rings (SSSR count). The highest BCUT2D eigenvalue weighted by atomic mass is 79.9. The largest absolute Gasteiger partial charge is 0.326 e. The van der Waals surface area contributed by atoms with Gasteiger partial charge in [-0.25, -0.2) is 4.98 Å². The molecule has 0 saturated heterocycles. The van der Waals surface area contributed by atoms with Crippen molar-refractivity contribution in [2.45, 2.75) is 6.92 Å². The smallest absolute Gasteiger partial charge is 0.205 e. The fraction of sp³-hybridized carbons (Fsp3) is 0.0714. The zero-order chi connectivity index (χ0) is 12.5. The molecule has 3 nitrogen and oxygen atoms in total. The van der Waals surface area contributed by atoms with Gasteiger partial charge in [-0.05, 0) is 36.8 Å². The molecule has 0 saturated carbocycles. The van der Waals surface area contributed by atoms with Crippen LogP contribution in [0.4, 0.5) is 11.6 Å². The van der Waals surface area contributed by atoms with Crippen molar-refractivity contribution in [1.29, 1.82) is 0 Å². The van der Waals surface area contributed by atoms with Crippen LogP contribution in [0.3, 0.4) is 0 Å². The quantitative estimate of drug-likeness (QED) is 0.737. The molecule has 2 aromatic carbocycles. The Balaban J connectivity index is 1.93. The monoisotopic (exact) mass is 301 g/mol. The number of H-pyrrole nitrogens is 1. The molecule has 1 heterocycles. The van der Waals surface area contributed by atoms with Crippen LogP contribution in [0.1, 0.15) is 5.56 Å². The van der Waals surface area contributed by atoms with Crippen molar-refractivity contribution >= 4 is 38.6 Å². The number of hydrogen-bond donors (Lipinski definition) is 2. The van der Waals surface area contributed by atoms with E-state index in [4.69, 9.17) is 0 Å². The van der Waals surface area contributed by atoms with E-state index in [2.05, 4.69) is 44.2 Å². The van der Waals surface area contributed by atoms with E-state index in [1.54, 1.807) is 0 Å². The summed E-state index contributed by atoms with van der Waals surface area (Å²) in [6.45, 7) is 2.06. The number of para-hydroxylation sites is 2. The van der Waals surface area contributed by atoms with E-state index in [0.29, 0.717) is 0 Å². The normalized spacial score (nSPS) is 10.8. The molecule has 0 unspecified atom stereocenters. The van der Waals surface area contributed by atoms with Gasteiger partial charge in [-0.2, -0.15) is 0 Å². The van der Waals surface area contributed by atoms with Crippen LogP contribution in [0.2, 0.25) is 0 Å². The highest BCUT2D eigenvalue weighted by molar-refractivity contribution is 9.10. The summed E-state index contributed by atoms with van der Waals surface area (Å²) in [5.74, 6) is 0.756. The Labute approximate surface area is 113 Å². The van der Waals surface area contributed by atoms with Gasteiger partial charge in [0, 0.05) is 10.2 Å². The second-order valence-electron chi connectivity index (χ2n) is 4.19. The molecule has 0 aliphatic heterocycles. The van der Waals surface area contributed by atoms with Crippen LogP contribution >= 0.6 is 15.9 Å². The van der Waals surface area contributed by atoms with Gasteiger partial charge in [-0.3, -0.25) is 0 Å². The first-order valence-corrected chi connectivity index (χ1v) is 6.49. The second kappa shape index (κ2) is 4.46. The zero-order valence-corrected chi connectivity index (χ0v) is 11.5. The number of hydrogen-bond acceptors (Lipinski definition) is 2. The van der Waals surface area contributed by atoms with Crippen molar-refractivity contribution < 1.29 is 0 Å². The Bertz CT molecular complexity index is 670. The molecule has 0 aliphatic rings. The first-order chi connectivity index (χ1) is 8.72. The summed E-state index contributed by atoms with van der Waals surface area (Å²) < 4.78 is 1.09. The summed E-state index contributed by atoms with van der Waals surface area (Å²) >= 11 is 3.52. The van der Waals surface area contributed by atoms with Crippen LogP contribution in [0.15, 0.2) is 46.9 Å². The minimum atomic E-state index is 0.756. The Morgan fingerprint density at radius 1 is 1.17 bits per heavy atom. The van der Waals surface area contributed by atoms with Gasteiger partial charge >= 0.3 is 0 Å². The maximum absolute atomic E-state index is 4.48. The van der Waals surface area contributed by atoms with Crippen molar-refractivity contribution in [2.75, 3.05) is 5.32 Å². The number of halogens is 1. The first-order valence-electron chi connectivity index (χ1n) is 5.70. The average molecular weight is 302 g/mol. The van der Waals surface area contributed by atoms with Gasteiger partial charge in [0.15, 0.2) is 0 Å². The summed E-state index contributed by atoms with van der Waals surface area (Å²) in [7, 11) is 0. The summed E-state index contributed by atoms with van der Waals surface area (Å²) in [4.78, 5) is 7.72. The number of fused-ring (bicyclic) bond motifs is 1. The molecule has 3 aromatic rings. The molecule has 0 fully saturated rings. The van der Waals surface area contributed by atoms with Gasteiger partial charge in [0.2, 0.25) is 5.95 Å². The Morgan fingerprint density at radius 3 is 2.78 bits per heavy atom. The lowest BCUT2D eigenvalue weighted by Gasteiger charge is -2.04. The molecule has 0 aliphatic carbocycles. The first kappa shape index (κ1) is 11.3. The Kier molecular flexibility index (Phi) is 2.80. The van der Waals surface area contributed by atoms with Crippen LogP contribution in [-0.4, -0.2) is 9.97 Å². The minimum Gasteiger partial charge on any atom is -0.326 e. The highest BCUT2D eigenvalue weighted by Crippen LogP contribution is 2.23. The van der Waals surface area contributed by atoms with Crippen LogP contribution in [0.25, 0.3) is 11.0 Å². The maximum atomic E-state index is 4.48. The van der Waals surface area contributed by atoms with Crippen LogP contribution in [0.5, 0.6) is 0 Å². The number of imidazole rings is 1.